The zero-order valence-corrected chi connectivity index (χ0v) is 14.8. The van der Waals surface area contributed by atoms with Crippen LogP contribution in [0, 0.1) is 5.41 Å². The van der Waals surface area contributed by atoms with Gasteiger partial charge in [0.05, 0.1) is 12.3 Å². The van der Waals surface area contributed by atoms with Crippen molar-refractivity contribution in [2.75, 3.05) is 38.3 Å². The highest BCUT2D eigenvalue weighted by atomic mass is 32.1. The number of likely N-dealkylation sites (N-methyl/N-ethyl adjacent to an activating group) is 1. The molecule has 1 aromatic rings. The molecule has 0 saturated heterocycles. The van der Waals surface area contributed by atoms with Gasteiger partial charge in [-0.25, -0.2) is 4.98 Å². The Morgan fingerprint density at radius 3 is 2.81 bits per heavy atom. The van der Waals surface area contributed by atoms with Gasteiger partial charge in [-0.3, -0.25) is 0 Å². The third kappa shape index (κ3) is 3.96. The maximum Gasteiger partial charge on any atom is 0.185 e. The van der Waals surface area contributed by atoms with Crippen LogP contribution in [0.2, 0.25) is 0 Å². The highest BCUT2D eigenvalue weighted by Crippen LogP contribution is 2.44. The van der Waals surface area contributed by atoms with Gasteiger partial charge in [-0.1, -0.05) is 25.2 Å². The van der Waals surface area contributed by atoms with Crippen molar-refractivity contribution < 1.29 is 4.74 Å². The van der Waals surface area contributed by atoms with E-state index in [0.717, 1.165) is 37.9 Å². The first kappa shape index (κ1) is 16.7. The number of aromatic nitrogens is 1. The number of ether oxygens (including phenoxy) is 1. The fraction of sp³-hybridized carbons (Fsp3) is 0.812. The molecule has 1 aliphatic rings. The summed E-state index contributed by atoms with van der Waals surface area (Å²) in [5.41, 5.74) is 1.62. The first-order chi connectivity index (χ1) is 10.0. The van der Waals surface area contributed by atoms with Crippen LogP contribution >= 0.6 is 11.3 Å². The Hall–Kier alpha value is -0.650. The maximum absolute atomic E-state index is 5.49. The SMILES string of the molecule is CCOCCN(CC)c1nc2c(s1)C(NC)CC(C)(C)C2. The van der Waals surface area contributed by atoms with Crippen molar-refractivity contribution in [3.05, 3.63) is 10.6 Å². The highest BCUT2D eigenvalue weighted by molar-refractivity contribution is 7.15. The van der Waals surface area contributed by atoms with Gasteiger partial charge in [-0.2, -0.15) is 0 Å². The topological polar surface area (TPSA) is 37.4 Å². The predicted molar refractivity (Wildman–Crippen MR) is 90.4 cm³/mol. The van der Waals surface area contributed by atoms with Gasteiger partial charge in [0.15, 0.2) is 5.13 Å². The Morgan fingerprint density at radius 1 is 1.43 bits per heavy atom. The summed E-state index contributed by atoms with van der Waals surface area (Å²) in [5, 5.41) is 4.62. The van der Waals surface area contributed by atoms with E-state index in [0.29, 0.717) is 11.5 Å². The van der Waals surface area contributed by atoms with Crippen molar-refractivity contribution in [2.45, 2.75) is 46.6 Å². The molecule has 1 aliphatic carbocycles. The van der Waals surface area contributed by atoms with Crippen molar-refractivity contribution in [1.82, 2.24) is 10.3 Å². The van der Waals surface area contributed by atoms with Gasteiger partial charge in [0, 0.05) is 30.6 Å². The number of hydrogen-bond donors (Lipinski definition) is 1. The molecule has 0 amide bonds. The summed E-state index contributed by atoms with van der Waals surface area (Å²) in [6, 6.07) is 0.445. The normalized spacial score (nSPS) is 20.3. The van der Waals surface area contributed by atoms with Crippen LogP contribution in [0.25, 0.3) is 0 Å². The van der Waals surface area contributed by atoms with Gasteiger partial charge >= 0.3 is 0 Å². The highest BCUT2D eigenvalue weighted by Gasteiger charge is 2.34. The molecule has 21 heavy (non-hydrogen) atoms. The molecule has 5 heteroatoms. The second kappa shape index (κ2) is 7.07. The van der Waals surface area contributed by atoms with Gasteiger partial charge < -0.3 is 15.0 Å². The van der Waals surface area contributed by atoms with Crippen LogP contribution in [-0.4, -0.2) is 38.3 Å². The second-order valence-corrected chi connectivity index (χ2v) is 7.48. The molecule has 1 unspecified atom stereocenters. The lowest BCUT2D eigenvalue weighted by Gasteiger charge is -2.34. The molecule has 0 bridgehead atoms. The lowest BCUT2D eigenvalue weighted by atomic mass is 9.76. The smallest absolute Gasteiger partial charge is 0.185 e. The minimum atomic E-state index is 0.328. The standard InChI is InChI=1S/C16H29N3OS/c1-6-19(8-9-20-7-2)15-18-13-11-16(3,4)10-12(17-5)14(13)21-15/h12,17H,6-11H2,1-5H3. The van der Waals surface area contributed by atoms with E-state index in [1.807, 2.05) is 18.3 Å². The molecule has 2 rings (SSSR count). The molecule has 0 aliphatic heterocycles. The molecule has 1 heterocycles. The first-order valence-electron chi connectivity index (χ1n) is 8.00. The Morgan fingerprint density at radius 2 is 2.19 bits per heavy atom. The molecule has 4 nitrogen and oxygen atoms in total. The summed E-state index contributed by atoms with van der Waals surface area (Å²) in [7, 11) is 2.06. The van der Waals surface area contributed by atoms with Crippen molar-refractivity contribution in [1.29, 1.82) is 0 Å². The summed E-state index contributed by atoms with van der Waals surface area (Å²) >= 11 is 1.86. The Kier molecular flexibility index (Phi) is 5.63. The van der Waals surface area contributed by atoms with E-state index < -0.39 is 0 Å². The van der Waals surface area contributed by atoms with Crippen molar-refractivity contribution in [3.63, 3.8) is 0 Å². The van der Waals surface area contributed by atoms with Crippen LogP contribution in [0.5, 0.6) is 0 Å². The van der Waals surface area contributed by atoms with E-state index in [2.05, 4.69) is 38.0 Å². The molecule has 1 atom stereocenters. The molecule has 120 valence electrons. The van der Waals surface area contributed by atoms with Gasteiger partial charge in [0.2, 0.25) is 0 Å². The summed E-state index contributed by atoms with van der Waals surface area (Å²) in [4.78, 5) is 8.71. The number of anilines is 1. The number of thiazole rings is 1. The molecule has 1 N–H and O–H groups in total. The van der Waals surface area contributed by atoms with Gasteiger partial charge in [-0.05, 0) is 39.2 Å². The molecular weight excluding hydrogens is 282 g/mol. The molecule has 0 spiro atoms. The number of nitrogens with one attached hydrogen (secondary N) is 1. The minimum absolute atomic E-state index is 0.328. The van der Waals surface area contributed by atoms with Crippen LogP contribution in [0.4, 0.5) is 5.13 Å². The van der Waals surface area contributed by atoms with Gasteiger partial charge in [0.25, 0.3) is 0 Å². The quantitative estimate of drug-likeness (QED) is 0.785. The van der Waals surface area contributed by atoms with Crippen LogP contribution < -0.4 is 10.2 Å². The summed E-state index contributed by atoms with van der Waals surface area (Å²) < 4.78 is 5.49. The Bertz CT molecular complexity index is 458. The lowest BCUT2D eigenvalue weighted by Crippen LogP contribution is -2.30. The average Bonchev–Trinajstić information content (AvgIpc) is 2.84. The zero-order valence-electron chi connectivity index (χ0n) is 14.0. The maximum atomic E-state index is 5.49. The van der Waals surface area contributed by atoms with Crippen molar-refractivity contribution in [3.8, 4) is 0 Å². The molecular formula is C16H29N3OS. The lowest BCUT2D eigenvalue weighted by molar-refractivity contribution is 0.154. The Labute approximate surface area is 132 Å². The van der Waals surface area contributed by atoms with Crippen molar-refractivity contribution in [2.24, 2.45) is 5.41 Å². The fourth-order valence-corrected chi connectivity index (χ4v) is 4.28. The fourth-order valence-electron chi connectivity index (χ4n) is 3.00. The summed E-state index contributed by atoms with van der Waals surface area (Å²) in [5.74, 6) is 0. The van der Waals surface area contributed by atoms with Crippen LogP contribution in [0.15, 0.2) is 0 Å². The minimum Gasteiger partial charge on any atom is -0.380 e. The van der Waals surface area contributed by atoms with E-state index in [4.69, 9.17) is 9.72 Å². The monoisotopic (exact) mass is 311 g/mol. The summed E-state index contributed by atoms with van der Waals surface area (Å²) in [6.07, 6.45) is 2.27. The zero-order chi connectivity index (χ0) is 15.5. The predicted octanol–water partition coefficient (Wildman–Crippen LogP) is 3.24. The van der Waals surface area contributed by atoms with Crippen molar-refractivity contribution >= 4 is 16.5 Å². The Balaban J connectivity index is 2.18. The van der Waals surface area contributed by atoms with E-state index in [1.165, 1.54) is 17.0 Å². The third-order valence-electron chi connectivity index (χ3n) is 4.15. The van der Waals surface area contributed by atoms with E-state index in [-0.39, 0.29) is 0 Å². The number of hydrogen-bond acceptors (Lipinski definition) is 5. The van der Waals surface area contributed by atoms with Gasteiger partial charge in [0.1, 0.15) is 0 Å². The summed E-state index contributed by atoms with van der Waals surface area (Å²) in [6.45, 7) is 12.4. The second-order valence-electron chi connectivity index (χ2n) is 6.47. The molecule has 0 fully saturated rings. The first-order valence-corrected chi connectivity index (χ1v) is 8.82. The van der Waals surface area contributed by atoms with Crippen LogP contribution in [-0.2, 0) is 11.2 Å². The third-order valence-corrected chi connectivity index (χ3v) is 5.42. The molecule has 0 radical (unpaired) electrons. The van der Waals surface area contributed by atoms with E-state index in [9.17, 15) is 0 Å². The number of nitrogens with zero attached hydrogens (tertiary/aromatic N) is 2. The number of fused-ring (bicyclic) bond motifs is 1. The number of rotatable bonds is 7. The van der Waals surface area contributed by atoms with Gasteiger partial charge in [-0.15, -0.1) is 0 Å². The van der Waals surface area contributed by atoms with E-state index >= 15 is 0 Å². The van der Waals surface area contributed by atoms with E-state index in [1.54, 1.807) is 0 Å². The molecule has 0 aromatic carbocycles. The van der Waals surface area contributed by atoms with Crippen LogP contribution in [0.3, 0.4) is 0 Å². The molecule has 1 aromatic heterocycles. The largest absolute Gasteiger partial charge is 0.380 e. The molecule has 0 saturated carbocycles. The average molecular weight is 311 g/mol. The van der Waals surface area contributed by atoms with Crippen LogP contribution in [0.1, 0.15) is 50.7 Å².